The third kappa shape index (κ3) is 3.90. The second-order valence-corrected chi connectivity index (χ2v) is 5.37. The van der Waals surface area contributed by atoms with Crippen LogP contribution >= 0.6 is 0 Å². The molecule has 0 aliphatic heterocycles. The van der Waals surface area contributed by atoms with E-state index in [1.165, 1.54) is 5.56 Å². The van der Waals surface area contributed by atoms with Crippen molar-refractivity contribution < 1.29 is 0 Å². The van der Waals surface area contributed by atoms with Gasteiger partial charge in [-0.25, -0.2) is 4.98 Å². The van der Waals surface area contributed by atoms with Crippen LogP contribution in [0.15, 0.2) is 36.7 Å². The molecule has 0 saturated carbocycles. The molecule has 1 N–H and O–H groups in total. The Hall–Kier alpha value is -1.68. The highest BCUT2D eigenvalue weighted by Gasteiger charge is 2.15. The molecule has 0 saturated heterocycles. The van der Waals surface area contributed by atoms with E-state index in [4.69, 9.17) is 0 Å². The van der Waals surface area contributed by atoms with Crippen molar-refractivity contribution in [1.29, 1.82) is 0 Å². The summed E-state index contributed by atoms with van der Waals surface area (Å²) in [4.78, 5) is 4.40. The molecular weight excluding hydrogens is 248 g/mol. The minimum atomic E-state index is 0.424. The fraction of sp³-hybridized carbons (Fsp3) is 0.500. The molecule has 0 amide bonds. The lowest BCUT2D eigenvalue weighted by atomic mass is 9.95. The Bertz CT molecular complexity index is 504. The third-order valence-electron chi connectivity index (χ3n) is 3.47. The van der Waals surface area contributed by atoms with Crippen LogP contribution in [0, 0.1) is 0 Å². The van der Waals surface area contributed by atoms with Crippen LogP contribution in [-0.4, -0.2) is 27.4 Å². The van der Waals surface area contributed by atoms with Gasteiger partial charge in [0, 0.05) is 31.5 Å². The Morgan fingerprint density at radius 2 is 1.95 bits per heavy atom. The number of hydrogen-bond donors (Lipinski definition) is 1. The molecule has 1 unspecified atom stereocenters. The summed E-state index contributed by atoms with van der Waals surface area (Å²) in [7, 11) is 0. The molecule has 1 heterocycles. The zero-order chi connectivity index (χ0) is 14.4. The minimum Gasteiger partial charge on any atom is -0.314 e. The zero-order valence-electron chi connectivity index (χ0n) is 12.6. The summed E-state index contributed by atoms with van der Waals surface area (Å²) in [5.41, 5.74) is 1.35. The number of benzene rings is 1. The van der Waals surface area contributed by atoms with Crippen LogP contribution in [0.4, 0.5) is 0 Å². The highest BCUT2D eigenvalue weighted by Crippen LogP contribution is 2.19. The standard InChI is InChI=1S/C16H24N4/c1-4-20-16(18-12-19-20)10-15(11-17-13(2)3)14-8-6-5-7-9-14/h5-9,12-13,15,17H,4,10-11H2,1-3H3. The summed E-state index contributed by atoms with van der Waals surface area (Å²) >= 11 is 0. The monoisotopic (exact) mass is 272 g/mol. The summed E-state index contributed by atoms with van der Waals surface area (Å²) in [5, 5.41) is 7.80. The van der Waals surface area contributed by atoms with Gasteiger partial charge in [-0.3, -0.25) is 4.68 Å². The lowest BCUT2D eigenvalue weighted by Crippen LogP contribution is -2.29. The first-order valence-corrected chi connectivity index (χ1v) is 7.35. The summed E-state index contributed by atoms with van der Waals surface area (Å²) < 4.78 is 1.98. The fourth-order valence-electron chi connectivity index (χ4n) is 2.34. The van der Waals surface area contributed by atoms with Gasteiger partial charge in [0.05, 0.1) is 0 Å². The Morgan fingerprint density at radius 3 is 2.60 bits per heavy atom. The van der Waals surface area contributed by atoms with Crippen molar-refractivity contribution in [3.05, 3.63) is 48.0 Å². The van der Waals surface area contributed by atoms with Gasteiger partial charge in [0.1, 0.15) is 12.2 Å². The van der Waals surface area contributed by atoms with Crippen LogP contribution in [-0.2, 0) is 13.0 Å². The predicted molar refractivity (Wildman–Crippen MR) is 81.7 cm³/mol. The molecule has 4 nitrogen and oxygen atoms in total. The van der Waals surface area contributed by atoms with E-state index in [1.54, 1.807) is 6.33 Å². The second-order valence-electron chi connectivity index (χ2n) is 5.37. The average Bonchev–Trinajstić information content (AvgIpc) is 2.91. The van der Waals surface area contributed by atoms with Crippen LogP contribution in [0.3, 0.4) is 0 Å². The van der Waals surface area contributed by atoms with Crippen molar-refractivity contribution in [2.75, 3.05) is 6.54 Å². The summed E-state index contributed by atoms with van der Waals surface area (Å²) in [5.74, 6) is 1.49. The van der Waals surface area contributed by atoms with Gasteiger partial charge in [-0.05, 0) is 12.5 Å². The number of nitrogens with one attached hydrogen (secondary N) is 1. The van der Waals surface area contributed by atoms with Gasteiger partial charge in [0.2, 0.25) is 0 Å². The molecule has 2 aromatic rings. The van der Waals surface area contributed by atoms with Gasteiger partial charge in [-0.1, -0.05) is 44.2 Å². The quantitative estimate of drug-likeness (QED) is 0.842. The number of aryl methyl sites for hydroxylation is 1. The third-order valence-corrected chi connectivity index (χ3v) is 3.47. The van der Waals surface area contributed by atoms with Crippen molar-refractivity contribution in [1.82, 2.24) is 20.1 Å². The van der Waals surface area contributed by atoms with Crippen LogP contribution in [0.2, 0.25) is 0 Å². The molecule has 0 fully saturated rings. The molecule has 4 heteroatoms. The lowest BCUT2D eigenvalue weighted by molar-refractivity contribution is 0.505. The minimum absolute atomic E-state index is 0.424. The molecule has 0 aliphatic rings. The smallest absolute Gasteiger partial charge is 0.138 e. The molecule has 0 radical (unpaired) electrons. The fourth-order valence-corrected chi connectivity index (χ4v) is 2.34. The Morgan fingerprint density at radius 1 is 1.20 bits per heavy atom. The Kier molecular flexibility index (Phi) is 5.30. The van der Waals surface area contributed by atoms with Crippen LogP contribution in [0.25, 0.3) is 0 Å². The number of rotatable bonds is 7. The largest absolute Gasteiger partial charge is 0.314 e. The van der Waals surface area contributed by atoms with Crippen LogP contribution in [0.1, 0.15) is 38.1 Å². The van der Waals surface area contributed by atoms with Crippen LogP contribution < -0.4 is 5.32 Å². The zero-order valence-corrected chi connectivity index (χ0v) is 12.6. The molecule has 2 rings (SSSR count). The molecule has 1 atom stereocenters. The maximum absolute atomic E-state index is 4.40. The van der Waals surface area contributed by atoms with E-state index in [0.717, 1.165) is 25.3 Å². The molecule has 108 valence electrons. The van der Waals surface area contributed by atoms with E-state index >= 15 is 0 Å². The molecule has 1 aromatic heterocycles. The van der Waals surface area contributed by atoms with Gasteiger partial charge >= 0.3 is 0 Å². The van der Waals surface area contributed by atoms with E-state index in [2.05, 4.69) is 66.5 Å². The summed E-state index contributed by atoms with van der Waals surface area (Å²) in [6.45, 7) is 8.28. The predicted octanol–water partition coefficient (Wildman–Crippen LogP) is 2.62. The first-order valence-electron chi connectivity index (χ1n) is 7.35. The molecule has 1 aromatic carbocycles. The second kappa shape index (κ2) is 7.20. The van der Waals surface area contributed by atoms with Gasteiger partial charge in [-0.2, -0.15) is 5.10 Å². The van der Waals surface area contributed by atoms with Crippen LogP contribution in [0.5, 0.6) is 0 Å². The number of hydrogen-bond acceptors (Lipinski definition) is 3. The molecule has 0 bridgehead atoms. The normalized spacial score (nSPS) is 12.8. The van der Waals surface area contributed by atoms with Crippen molar-refractivity contribution >= 4 is 0 Å². The van der Waals surface area contributed by atoms with E-state index < -0.39 is 0 Å². The average molecular weight is 272 g/mol. The van der Waals surface area contributed by atoms with Gasteiger partial charge in [-0.15, -0.1) is 0 Å². The SMILES string of the molecule is CCn1ncnc1CC(CNC(C)C)c1ccccc1. The molecule has 0 aliphatic carbocycles. The van der Waals surface area contributed by atoms with E-state index in [0.29, 0.717) is 12.0 Å². The van der Waals surface area contributed by atoms with Gasteiger partial charge in [0.15, 0.2) is 0 Å². The van der Waals surface area contributed by atoms with E-state index in [9.17, 15) is 0 Å². The van der Waals surface area contributed by atoms with Gasteiger partial charge in [0.25, 0.3) is 0 Å². The highest BCUT2D eigenvalue weighted by atomic mass is 15.3. The number of aromatic nitrogens is 3. The Labute approximate surface area is 121 Å². The molecule has 20 heavy (non-hydrogen) atoms. The van der Waals surface area contributed by atoms with Crippen molar-refractivity contribution in [3.63, 3.8) is 0 Å². The highest BCUT2D eigenvalue weighted by molar-refractivity contribution is 5.21. The first-order chi connectivity index (χ1) is 9.70. The Balaban J connectivity index is 2.14. The molecule has 0 spiro atoms. The maximum Gasteiger partial charge on any atom is 0.138 e. The number of nitrogens with zero attached hydrogens (tertiary/aromatic N) is 3. The van der Waals surface area contributed by atoms with Crippen molar-refractivity contribution in [2.24, 2.45) is 0 Å². The lowest BCUT2D eigenvalue weighted by Gasteiger charge is -2.19. The van der Waals surface area contributed by atoms with Crippen molar-refractivity contribution in [3.8, 4) is 0 Å². The first kappa shape index (κ1) is 14.7. The summed E-state index contributed by atoms with van der Waals surface area (Å²) in [6.07, 6.45) is 2.56. The van der Waals surface area contributed by atoms with E-state index in [-0.39, 0.29) is 0 Å². The summed E-state index contributed by atoms with van der Waals surface area (Å²) in [6, 6.07) is 11.1. The topological polar surface area (TPSA) is 42.7 Å². The molecular formula is C16H24N4. The van der Waals surface area contributed by atoms with Gasteiger partial charge < -0.3 is 5.32 Å². The maximum atomic E-state index is 4.40. The van der Waals surface area contributed by atoms with E-state index in [1.807, 2.05) is 4.68 Å². The van der Waals surface area contributed by atoms with Crippen molar-refractivity contribution in [2.45, 2.75) is 45.7 Å².